The average molecular weight is 1360 g/mol. The zero-order valence-corrected chi connectivity index (χ0v) is 63.0. The summed E-state index contributed by atoms with van der Waals surface area (Å²) < 4.78 is 65.0. The number of phosphoric acid groups is 3. The van der Waals surface area contributed by atoms with Crippen LogP contribution < -0.4 is 14.7 Å². The third kappa shape index (κ3) is 88.9. The molecule has 0 aliphatic heterocycles. The number of unbranched alkanes of at least 4 members (excludes halogenated alkanes) is 54. The molecule has 12 nitrogen and oxygen atoms in total. The Morgan fingerprint density at radius 2 is 0.250 bits per heavy atom. The van der Waals surface area contributed by atoms with Gasteiger partial charge < -0.3 is 41.8 Å². The van der Waals surface area contributed by atoms with Crippen LogP contribution in [-0.4, -0.2) is 39.6 Å². The molecule has 534 valence electrons. The van der Waals surface area contributed by atoms with Crippen molar-refractivity contribution in [2.24, 2.45) is 0 Å². The van der Waals surface area contributed by atoms with E-state index >= 15 is 0 Å². The second-order valence-electron chi connectivity index (χ2n) is 25.4. The van der Waals surface area contributed by atoms with E-state index in [-0.39, 0.29) is 56.4 Å². The van der Waals surface area contributed by atoms with Gasteiger partial charge in [-0.15, -0.1) is 0 Å². The van der Waals surface area contributed by atoms with E-state index in [2.05, 4.69) is 41.5 Å². The molecular weight excluding hydrogens is 1210 g/mol. The minimum atomic E-state index is -4.10. The Kier molecular flexibility index (Phi) is 86.9. The summed E-state index contributed by atoms with van der Waals surface area (Å²) in [6, 6.07) is 0. The normalized spacial score (nSPS) is 11.8. The summed E-state index contributed by atoms with van der Waals surface area (Å²) in [7, 11) is -12.3. The maximum absolute atomic E-state index is 11.7. The predicted octanol–water partition coefficient (Wildman–Crippen LogP) is 25.0. The molecule has 0 aromatic heterocycles. The average Bonchev–Trinajstić information content (AvgIpc) is 3.50. The Morgan fingerprint density at radius 1 is 0.170 bits per heavy atom. The van der Waals surface area contributed by atoms with Gasteiger partial charge in [0.25, 0.3) is 23.5 Å². The summed E-state index contributed by atoms with van der Waals surface area (Å²) in [5.41, 5.74) is 0. The zero-order chi connectivity index (χ0) is 64.4. The summed E-state index contributed by atoms with van der Waals surface area (Å²) in [6.07, 6.45) is 73.5. The Balaban J connectivity index is -0.000000598. The van der Waals surface area contributed by atoms with E-state index in [4.69, 9.17) is 27.1 Å². The second-order valence-corrected chi connectivity index (χ2v) is 29.7. The van der Waals surface area contributed by atoms with E-state index in [1.807, 2.05) is 0 Å². The first-order valence-electron chi connectivity index (χ1n) is 38.2. The van der Waals surface area contributed by atoms with Gasteiger partial charge in [0.05, 0.1) is 39.6 Å². The van der Waals surface area contributed by atoms with Crippen molar-refractivity contribution >= 4 is 23.5 Å². The van der Waals surface area contributed by atoms with Gasteiger partial charge in [-0.3, -0.25) is 13.7 Å². The van der Waals surface area contributed by atoms with E-state index in [1.54, 1.807) is 0 Å². The van der Waals surface area contributed by atoms with Gasteiger partial charge in [0.1, 0.15) is 0 Å². The van der Waals surface area contributed by atoms with Crippen LogP contribution in [0.5, 0.6) is 0 Å². The quantitative estimate of drug-likeness (QED) is 0.0417. The van der Waals surface area contributed by atoms with Crippen molar-refractivity contribution in [2.45, 2.75) is 427 Å². The van der Waals surface area contributed by atoms with Crippen LogP contribution >= 0.6 is 23.5 Å². The number of rotatable bonds is 72. The summed E-state index contributed by atoms with van der Waals surface area (Å²) in [5, 5.41) is 0. The maximum atomic E-state index is 11.7. The second kappa shape index (κ2) is 80.3. The van der Waals surface area contributed by atoms with Crippen LogP contribution in [-0.2, 0) is 57.6 Å². The molecule has 16 heteroatoms. The van der Waals surface area contributed by atoms with E-state index in [9.17, 15) is 28.4 Å². The molecule has 0 aromatic rings. The van der Waals surface area contributed by atoms with Crippen molar-refractivity contribution in [1.82, 2.24) is 0 Å². The molecule has 0 saturated carbocycles. The topological polar surface area (TPSA) is 176 Å². The van der Waals surface area contributed by atoms with Crippen molar-refractivity contribution in [3.63, 3.8) is 0 Å². The fourth-order valence-corrected chi connectivity index (χ4v) is 13.0. The van der Waals surface area contributed by atoms with Gasteiger partial charge in [-0.05, 0) is 38.5 Å². The molecule has 0 atom stereocenters. The van der Waals surface area contributed by atoms with E-state index in [0.717, 1.165) is 77.0 Å². The first kappa shape index (κ1) is 95.2. The van der Waals surface area contributed by atoms with Crippen LogP contribution in [0, 0.1) is 0 Å². The Bertz CT molecular complexity index is 1170. The van der Waals surface area contributed by atoms with Crippen LogP contribution in [0.3, 0.4) is 0 Å². The summed E-state index contributed by atoms with van der Waals surface area (Å²) >= 11 is 0. The molecule has 0 unspecified atom stereocenters. The molecule has 0 N–H and O–H groups in total. The molecule has 0 spiro atoms. The Labute approximate surface area is 559 Å². The van der Waals surface area contributed by atoms with Crippen LogP contribution in [0.4, 0.5) is 0 Å². The van der Waals surface area contributed by atoms with Gasteiger partial charge in [-0.25, -0.2) is 0 Å². The molecule has 0 rings (SSSR count). The smallest absolute Gasteiger partial charge is 0.756 e. The van der Waals surface area contributed by atoms with Crippen molar-refractivity contribution in [2.75, 3.05) is 39.6 Å². The van der Waals surface area contributed by atoms with Gasteiger partial charge in [0.2, 0.25) is 0 Å². The van der Waals surface area contributed by atoms with Crippen LogP contribution in [0.15, 0.2) is 0 Å². The Hall–Kier alpha value is 0.836. The minimum Gasteiger partial charge on any atom is -0.756 e. The Morgan fingerprint density at radius 3 is 0.341 bits per heavy atom. The fourth-order valence-electron chi connectivity index (χ4n) is 10.7. The monoisotopic (exact) mass is 1360 g/mol. The number of hydrogen-bond donors (Lipinski definition) is 0. The van der Waals surface area contributed by atoms with Gasteiger partial charge in [0, 0.05) is 0 Å². The molecule has 88 heavy (non-hydrogen) atoms. The maximum Gasteiger partial charge on any atom is 3.00 e. The third-order valence-corrected chi connectivity index (χ3v) is 19.5. The van der Waals surface area contributed by atoms with E-state index in [1.165, 1.54) is 308 Å². The molecule has 0 amide bonds. The molecular formula is C72H150CoO12P3. The van der Waals surface area contributed by atoms with Crippen LogP contribution in [0.1, 0.15) is 427 Å². The fraction of sp³-hybridized carbons (Fsp3) is 1.00. The van der Waals surface area contributed by atoms with E-state index < -0.39 is 23.5 Å². The van der Waals surface area contributed by atoms with E-state index in [0.29, 0.717) is 0 Å². The summed E-state index contributed by atoms with van der Waals surface area (Å²) in [6.45, 7) is 15.0. The largest absolute Gasteiger partial charge is 3.00 e. The SMILES string of the molecule is CCCCCCCCCCCCOP(=O)([O-])OCCCCCCCCCCCC.CCCCCCCCCCCCOP(=O)([O-])OCCCCCCCCCCCC.CCCCCCCCCCCCOP(=O)([O-])OCCCCCCCCCCCC.[Co+3]. The molecule has 0 aliphatic carbocycles. The van der Waals surface area contributed by atoms with Gasteiger partial charge in [-0.1, -0.05) is 388 Å². The summed E-state index contributed by atoms with van der Waals surface area (Å²) in [5.74, 6) is 0. The van der Waals surface area contributed by atoms with Crippen LogP contribution in [0.25, 0.3) is 0 Å². The van der Waals surface area contributed by atoms with Crippen molar-refractivity contribution in [3.8, 4) is 0 Å². The zero-order valence-electron chi connectivity index (χ0n) is 59.2. The number of hydrogen-bond acceptors (Lipinski definition) is 12. The molecule has 0 fully saturated rings. The van der Waals surface area contributed by atoms with Gasteiger partial charge in [-0.2, -0.15) is 0 Å². The molecule has 0 radical (unpaired) electrons. The summed E-state index contributed by atoms with van der Waals surface area (Å²) in [4.78, 5) is 35.2. The first-order chi connectivity index (χ1) is 42.4. The molecule has 0 saturated heterocycles. The predicted molar refractivity (Wildman–Crippen MR) is 370 cm³/mol. The van der Waals surface area contributed by atoms with Crippen LogP contribution in [0.2, 0.25) is 0 Å². The number of phosphoric ester groups is 3. The van der Waals surface area contributed by atoms with Crippen molar-refractivity contribution in [1.29, 1.82) is 0 Å². The molecule has 0 bridgehead atoms. The van der Waals surface area contributed by atoms with Crippen molar-refractivity contribution in [3.05, 3.63) is 0 Å². The third-order valence-electron chi connectivity index (χ3n) is 16.5. The standard InChI is InChI=1S/3C24H51O4P.Co/c3*1-3-5-7-9-11-13-15-17-19-21-23-27-29(25,26)28-24-22-20-18-16-14-12-10-8-6-4-2;/h3*3-24H2,1-2H3,(H,25,26);/q;;;+3/p-3. The molecule has 0 aliphatic rings. The van der Waals surface area contributed by atoms with Gasteiger partial charge in [0.15, 0.2) is 0 Å². The molecule has 0 aromatic carbocycles. The minimum absolute atomic E-state index is 0. The van der Waals surface area contributed by atoms with Gasteiger partial charge >= 0.3 is 16.8 Å². The first-order valence-corrected chi connectivity index (χ1v) is 42.5. The van der Waals surface area contributed by atoms with Crippen molar-refractivity contribution < 1.29 is 72.3 Å². The molecule has 0 heterocycles.